The third-order valence-corrected chi connectivity index (χ3v) is 7.90. The van der Waals surface area contributed by atoms with Crippen LogP contribution in [-0.2, 0) is 24.8 Å². The molecule has 10 heteroatoms. The van der Waals surface area contributed by atoms with Gasteiger partial charge in [0.25, 0.3) is 10.2 Å². The van der Waals surface area contributed by atoms with Crippen molar-refractivity contribution in [2.24, 2.45) is 0 Å². The third kappa shape index (κ3) is 3.38. The minimum absolute atomic E-state index is 0.116. The average molecular weight is 340 g/mol. The SMILES string of the molecule is CC1CS(=O)(=O)CCN1S(=O)(=O)N1CCCCC1C(=O)O. The van der Waals surface area contributed by atoms with Crippen molar-refractivity contribution in [2.75, 3.05) is 24.6 Å². The monoisotopic (exact) mass is 340 g/mol. The first-order valence-electron chi connectivity index (χ1n) is 6.87. The molecular weight excluding hydrogens is 320 g/mol. The zero-order valence-electron chi connectivity index (χ0n) is 11.8. The van der Waals surface area contributed by atoms with E-state index in [9.17, 15) is 26.7 Å². The van der Waals surface area contributed by atoms with Crippen LogP contribution in [0, 0.1) is 0 Å². The Labute approximate surface area is 124 Å². The molecule has 0 amide bonds. The summed E-state index contributed by atoms with van der Waals surface area (Å²) in [4.78, 5) is 11.3. The molecule has 21 heavy (non-hydrogen) atoms. The Hall–Kier alpha value is -0.710. The highest BCUT2D eigenvalue weighted by Crippen LogP contribution is 2.26. The van der Waals surface area contributed by atoms with Crippen molar-refractivity contribution in [1.29, 1.82) is 0 Å². The summed E-state index contributed by atoms with van der Waals surface area (Å²) in [6.45, 7) is 1.58. The number of piperidine rings is 1. The van der Waals surface area contributed by atoms with Gasteiger partial charge in [0.05, 0.1) is 11.5 Å². The Kier molecular flexibility index (Phi) is 4.62. The predicted molar refractivity (Wildman–Crippen MR) is 75.7 cm³/mol. The molecule has 0 aliphatic carbocycles. The number of carboxylic acid groups (broad SMARTS) is 1. The quantitative estimate of drug-likeness (QED) is 0.726. The van der Waals surface area contributed by atoms with Crippen molar-refractivity contribution in [3.8, 4) is 0 Å². The molecule has 0 aromatic heterocycles. The molecule has 1 N–H and O–H groups in total. The van der Waals surface area contributed by atoms with E-state index in [-0.39, 0.29) is 31.0 Å². The Morgan fingerprint density at radius 1 is 1.19 bits per heavy atom. The van der Waals surface area contributed by atoms with Crippen molar-refractivity contribution in [3.63, 3.8) is 0 Å². The highest BCUT2D eigenvalue weighted by Gasteiger charge is 2.44. The maximum Gasteiger partial charge on any atom is 0.322 e. The molecule has 0 radical (unpaired) electrons. The predicted octanol–water partition coefficient (Wildman–Crippen LogP) is -0.711. The molecule has 0 aromatic carbocycles. The molecule has 2 fully saturated rings. The van der Waals surface area contributed by atoms with E-state index in [4.69, 9.17) is 0 Å². The van der Waals surface area contributed by atoms with E-state index < -0.39 is 38.1 Å². The van der Waals surface area contributed by atoms with E-state index in [0.717, 1.165) is 8.61 Å². The number of aliphatic carboxylic acids is 1. The molecule has 0 bridgehead atoms. The summed E-state index contributed by atoms with van der Waals surface area (Å²) >= 11 is 0. The molecule has 2 aliphatic heterocycles. The normalized spacial score (nSPS) is 31.9. The lowest BCUT2D eigenvalue weighted by molar-refractivity contribution is -0.142. The summed E-state index contributed by atoms with van der Waals surface area (Å²) < 4.78 is 50.6. The van der Waals surface area contributed by atoms with E-state index in [1.165, 1.54) is 6.92 Å². The van der Waals surface area contributed by atoms with Gasteiger partial charge in [0.1, 0.15) is 6.04 Å². The van der Waals surface area contributed by atoms with Gasteiger partial charge in [-0.05, 0) is 26.2 Å². The largest absolute Gasteiger partial charge is 0.480 e. The van der Waals surface area contributed by atoms with Gasteiger partial charge in [-0.15, -0.1) is 0 Å². The summed E-state index contributed by atoms with van der Waals surface area (Å²) in [6.07, 6.45) is 1.57. The first-order valence-corrected chi connectivity index (χ1v) is 10.1. The lowest BCUT2D eigenvalue weighted by atomic mass is 10.1. The molecule has 2 unspecified atom stereocenters. The van der Waals surface area contributed by atoms with Crippen molar-refractivity contribution in [1.82, 2.24) is 8.61 Å². The highest BCUT2D eigenvalue weighted by molar-refractivity contribution is 7.91. The molecule has 0 aromatic rings. The van der Waals surface area contributed by atoms with Crippen LogP contribution in [0.5, 0.6) is 0 Å². The minimum Gasteiger partial charge on any atom is -0.480 e. The van der Waals surface area contributed by atoms with Gasteiger partial charge < -0.3 is 5.11 Å². The number of carbonyl (C=O) groups is 1. The molecule has 2 saturated heterocycles. The maximum atomic E-state index is 12.7. The molecule has 2 atom stereocenters. The van der Waals surface area contributed by atoms with Crippen molar-refractivity contribution in [2.45, 2.75) is 38.3 Å². The zero-order valence-corrected chi connectivity index (χ0v) is 13.4. The van der Waals surface area contributed by atoms with Crippen LogP contribution in [0.15, 0.2) is 0 Å². The van der Waals surface area contributed by atoms with E-state index in [0.29, 0.717) is 12.8 Å². The molecular formula is C11H20N2O6S2. The first-order chi connectivity index (χ1) is 9.65. The number of hydrogen-bond donors (Lipinski definition) is 1. The third-order valence-electron chi connectivity index (χ3n) is 3.94. The molecule has 2 aliphatic rings. The summed E-state index contributed by atoms with van der Waals surface area (Å²) in [6, 6.07) is -1.74. The second kappa shape index (κ2) is 5.82. The highest BCUT2D eigenvalue weighted by atomic mass is 32.2. The molecule has 8 nitrogen and oxygen atoms in total. The summed E-state index contributed by atoms with van der Waals surface area (Å²) in [5, 5.41) is 9.20. The van der Waals surface area contributed by atoms with Gasteiger partial charge in [0.15, 0.2) is 9.84 Å². The van der Waals surface area contributed by atoms with E-state index in [2.05, 4.69) is 0 Å². The smallest absolute Gasteiger partial charge is 0.322 e. The van der Waals surface area contributed by atoms with Gasteiger partial charge in [-0.25, -0.2) is 8.42 Å². The van der Waals surface area contributed by atoms with Crippen LogP contribution in [0.1, 0.15) is 26.2 Å². The number of sulfone groups is 1. The Morgan fingerprint density at radius 3 is 2.43 bits per heavy atom. The molecule has 122 valence electrons. The fraction of sp³-hybridized carbons (Fsp3) is 0.909. The van der Waals surface area contributed by atoms with Crippen LogP contribution in [0.3, 0.4) is 0 Å². The summed E-state index contributed by atoms with van der Waals surface area (Å²) in [5.74, 6) is -1.60. The molecule has 0 saturated carbocycles. The van der Waals surface area contributed by atoms with Gasteiger partial charge in [0, 0.05) is 19.1 Å². The van der Waals surface area contributed by atoms with Crippen LogP contribution in [0.2, 0.25) is 0 Å². The van der Waals surface area contributed by atoms with Crippen LogP contribution < -0.4 is 0 Å². The van der Waals surface area contributed by atoms with Gasteiger partial charge in [0.2, 0.25) is 0 Å². The van der Waals surface area contributed by atoms with E-state index in [1.54, 1.807) is 0 Å². The minimum atomic E-state index is -3.96. The van der Waals surface area contributed by atoms with Crippen LogP contribution in [0.25, 0.3) is 0 Å². The zero-order chi connectivity index (χ0) is 15.8. The van der Waals surface area contributed by atoms with Gasteiger partial charge in [-0.2, -0.15) is 17.0 Å². The summed E-state index contributed by atoms with van der Waals surface area (Å²) in [5.41, 5.74) is 0. The first kappa shape index (κ1) is 16.7. The Balaban J connectivity index is 2.26. The number of hydrogen-bond acceptors (Lipinski definition) is 5. The second-order valence-corrected chi connectivity index (χ2v) is 9.60. The van der Waals surface area contributed by atoms with Crippen LogP contribution >= 0.6 is 0 Å². The fourth-order valence-electron chi connectivity index (χ4n) is 2.89. The number of nitrogens with zero attached hydrogens (tertiary/aromatic N) is 2. The molecule has 2 heterocycles. The van der Waals surface area contributed by atoms with Crippen LogP contribution in [0.4, 0.5) is 0 Å². The summed E-state index contributed by atoms with van der Waals surface area (Å²) in [7, 11) is -7.18. The number of carboxylic acids is 1. The molecule has 0 spiro atoms. The Bertz CT molecular complexity index is 615. The van der Waals surface area contributed by atoms with Gasteiger partial charge in [-0.1, -0.05) is 0 Å². The van der Waals surface area contributed by atoms with Crippen LogP contribution in [-0.4, -0.2) is 73.2 Å². The number of rotatable bonds is 3. The van der Waals surface area contributed by atoms with Crippen molar-refractivity contribution < 1.29 is 26.7 Å². The topological polar surface area (TPSA) is 112 Å². The standard InChI is InChI=1S/C11H20N2O6S2/c1-9-8-20(16,17)7-6-12(9)21(18,19)13-5-3-2-4-10(13)11(14)15/h9-10H,2-8H2,1H3,(H,14,15). The van der Waals surface area contributed by atoms with Crippen molar-refractivity contribution in [3.05, 3.63) is 0 Å². The van der Waals surface area contributed by atoms with E-state index >= 15 is 0 Å². The van der Waals surface area contributed by atoms with Crippen molar-refractivity contribution >= 4 is 26.0 Å². The average Bonchev–Trinajstić information content (AvgIpc) is 2.37. The maximum absolute atomic E-state index is 12.7. The second-order valence-electron chi connectivity index (χ2n) is 5.54. The van der Waals surface area contributed by atoms with Gasteiger partial charge in [-0.3, -0.25) is 4.79 Å². The molecule has 2 rings (SSSR count). The lowest BCUT2D eigenvalue weighted by Gasteiger charge is -2.39. The Morgan fingerprint density at radius 2 is 1.86 bits per heavy atom. The van der Waals surface area contributed by atoms with Gasteiger partial charge >= 0.3 is 5.97 Å². The lowest BCUT2D eigenvalue weighted by Crippen LogP contribution is -2.58. The van der Waals surface area contributed by atoms with E-state index in [1.807, 2.05) is 0 Å². The fourth-order valence-corrected chi connectivity index (χ4v) is 6.65.